The first-order valence-electron chi connectivity index (χ1n) is 9.73. The molecule has 3 aliphatic rings. The Hall–Kier alpha value is -1.81. The number of carbonyl (C=O) groups is 1. The van der Waals surface area contributed by atoms with E-state index in [9.17, 15) is 9.90 Å². The van der Waals surface area contributed by atoms with Gasteiger partial charge in [0.1, 0.15) is 5.66 Å². The van der Waals surface area contributed by atoms with Crippen LogP contribution in [0.2, 0.25) is 0 Å². The van der Waals surface area contributed by atoms with Crippen molar-refractivity contribution in [3.05, 3.63) is 48.6 Å². The maximum atomic E-state index is 12.7. The van der Waals surface area contributed by atoms with Crippen LogP contribution in [0.5, 0.6) is 0 Å². The summed E-state index contributed by atoms with van der Waals surface area (Å²) in [5.74, 6) is 0.692. The van der Waals surface area contributed by atoms with E-state index < -0.39 is 11.8 Å². The Morgan fingerprint density at radius 1 is 1.35 bits per heavy atom. The normalized spacial score (nSPS) is 27.1. The standard InChI is InChI=1S/C22H32N2O2/c1-5-15-23-16-17-11-13-22(23,14-12-17)24(20(25)26)19(21(2,3)4)18-9-7-6-8-10-18/h5-10,17,19H,1,11-16H2,2-4H3,(H,25,26)/t17?,19-,22?/m0/s1. The molecule has 1 aromatic rings. The zero-order valence-electron chi connectivity index (χ0n) is 16.3. The molecule has 0 spiro atoms. The number of benzene rings is 1. The fourth-order valence-corrected chi connectivity index (χ4v) is 5.11. The summed E-state index contributed by atoms with van der Waals surface area (Å²) in [4.78, 5) is 16.8. The highest BCUT2D eigenvalue weighted by Crippen LogP contribution is 2.51. The molecule has 4 rings (SSSR count). The third-order valence-corrected chi connectivity index (χ3v) is 6.17. The Kier molecular flexibility index (Phi) is 5.16. The molecule has 1 aromatic carbocycles. The minimum Gasteiger partial charge on any atom is -0.465 e. The molecule has 2 heterocycles. The van der Waals surface area contributed by atoms with Crippen LogP contribution >= 0.6 is 0 Å². The molecule has 1 amide bonds. The van der Waals surface area contributed by atoms with Gasteiger partial charge in [-0.05, 0) is 42.6 Å². The predicted octanol–water partition coefficient (Wildman–Crippen LogP) is 5.14. The number of piperidine rings is 2. The lowest BCUT2D eigenvalue weighted by Gasteiger charge is -2.61. The molecule has 2 bridgehead atoms. The maximum absolute atomic E-state index is 12.7. The summed E-state index contributed by atoms with van der Waals surface area (Å²) < 4.78 is 0. The van der Waals surface area contributed by atoms with Crippen LogP contribution in [0.1, 0.15) is 58.1 Å². The first-order valence-corrected chi connectivity index (χ1v) is 9.73. The van der Waals surface area contributed by atoms with Gasteiger partial charge in [-0.3, -0.25) is 9.80 Å². The molecule has 4 heteroatoms. The molecule has 142 valence electrons. The first kappa shape index (κ1) is 19.0. The highest BCUT2D eigenvalue weighted by molar-refractivity contribution is 5.67. The first-order chi connectivity index (χ1) is 12.3. The van der Waals surface area contributed by atoms with Crippen LogP contribution in [0.25, 0.3) is 0 Å². The van der Waals surface area contributed by atoms with Gasteiger partial charge >= 0.3 is 6.09 Å². The smallest absolute Gasteiger partial charge is 0.409 e. The Labute approximate surface area is 157 Å². The zero-order chi connectivity index (χ0) is 18.9. The largest absolute Gasteiger partial charge is 0.465 e. The van der Waals surface area contributed by atoms with Gasteiger partial charge in [0.2, 0.25) is 0 Å². The van der Waals surface area contributed by atoms with Gasteiger partial charge in [-0.2, -0.15) is 0 Å². The molecule has 2 saturated heterocycles. The number of hydrogen-bond donors (Lipinski definition) is 1. The summed E-state index contributed by atoms with van der Waals surface area (Å²) in [5, 5.41) is 10.4. The van der Waals surface area contributed by atoms with Crippen LogP contribution in [-0.4, -0.2) is 39.8 Å². The summed E-state index contributed by atoms with van der Waals surface area (Å²) in [6.07, 6.45) is 5.15. The van der Waals surface area contributed by atoms with E-state index in [-0.39, 0.29) is 11.5 Å². The second-order valence-electron chi connectivity index (χ2n) is 8.95. The van der Waals surface area contributed by atoms with E-state index in [0.717, 1.165) is 44.3 Å². The highest BCUT2D eigenvalue weighted by atomic mass is 16.4. The van der Waals surface area contributed by atoms with Crippen LogP contribution in [0, 0.1) is 11.3 Å². The van der Waals surface area contributed by atoms with E-state index in [1.54, 1.807) is 4.90 Å². The monoisotopic (exact) mass is 356 g/mol. The van der Waals surface area contributed by atoms with Crippen LogP contribution < -0.4 is 0 Å². The van der Waals surface area contributed by atoms with Crippen molar-refractivity contribution in [1.82, 2.24) is 9.80 Å². The van der Waals surface area contributed by atoms with Crippen molar-refractivity contribution in [2.45, 2.75) is 58.2 Å². The van der Waals surface area contributed by atoms with Crippen molar-refractivity contribution in [2.75, 3.05) is 13.1 Å². The van der Waals surface area contributed by atoms with Crippen molar-refractivity contribution in [3.63, 3.8) is 0 Å². The molecular formula is C22H32N2O2. The van der Waals surface area contributed by atoms with Crippen LogP contribution in [0.4, 0.5) is 4.79 Å². The lowest BCUT2D eigenvalue weighted by molar-refractivity contribution is -0.146. The minimum absolute atomic E-state index is 0.192. The second kappa shape index (κ2) is 7.07. The van der Waals surface area contributed by atoms with E-state index in [1.165, 1.54) is 0 Å². The van der Waals surface area contributed by atoms with Crippen molar-refractivity contribution in [2.24, 2.45) is 11.3 Å². The predicted molar refractivity (Wildman–Crippen MR) is 105 cm³/mol. The fourth-order valence-electron chi connectivity index (χ4n) is 5.11. The van der Waals surface area contributed by atoms with E-state index in [0.29, 0.717) is 5.92 Å². The molecule has 3 fully saturated rings. The van der Waals surface area contributed by atoms with Crippen molar-refractivity contribution >= 4 is 6.09 Å². The van der Waals surface area contributed by atoms with Gasteiger partial charge in [0, 0.05) is 13.1 Å². The number of hydrogen-bond acceptors (Lipinski definition) is 2. The fraction of sp³-hybridized carbons (Fsp3) is 0.591. The van der Waals surface area contributed by atoms with Crippen molar-refractivity contribution in [3.8, 4) is 0 Å². The van der Waals surface area contributed by atoms with Gasteiger partial charge < -0.3 is 5.11 Å². The minimum atomic E-state index is -0.816. The number of carboxylic acid groups (broad SMARTS) is 1. The molecule has 26 heavy (non-hydrogen) atoms. The lowest BCUT2D eigenvalue weighted by Crippen LogP contribution is -2.69. The molecule has 2 aliphatic heterocycles. The summed E-state index contributed by atoms with van der Waals surface area (Å²) in [6.45, 7) is 12.1. The maximum Gasteiger partial charge on any atom is 0.409 e. The molecule has 0 radical (unpaired) electrons. The zero-order valence-corrected chi connectivity index (χ0v) is 16.3. The molecule has 0 unspecified atom stereocenters. The van der Waals surface area contributed by atoms with Gasteiger partial charge in [0.05, 0.1) is 6.04 Å². The Morgan fingerprint density at radius 2 is 1.96 bits per heavy atom. The van der Waals surface area contributed by atoms with Gasteiger partial charge in [0.15, 0.2) is 0 Å². The van der Waals surface area contributed by atoms with Crippen molar-refractivity contribution < 1.29 is 9.90 Å². The number of rotatable bonds is 5. The van der Waals surface area contributed by atoms with E-state index in [2.05, 4.69) is 44.4 Å². The third kappa shape index (κ3) is 3.27. The molecule has 1 N–H and O–H groups in total. The summed E-state index contributed by atoms with van der Waals surface area (Å²) in [5.41, 5.74) is 0.439. The third-order valence-electron chi connectivity index (χ3n) is 6.17. The molecular weight excluding hydrogens is 324 g/mol. The molecule has 1 atom stereocenters. The average molecular weight is 357 g/mol. The van der Waals surface area contributed by atoms with E-state index in [1.807, 2.05) is 24.3 Å². The molecule has 4 nitrogen and oxygen atoms in total. The topological polar surface area (TPSA) is 43.8 Å². The average Bonchev–Trinajstić information content (AvgIpc) is 2.60. The molecule has 1 aliphatic carbocycles. The number of fused-ring (bicyclic) bond motifs is 3. The highest BCUT2D eigenvalue weighted by Gasteiger charge is 2.55. The number of amides is 1. The molecule has 1 saturated carbocycles. The van der Waals surface area contributed by atoms with Crippen LogP contribution in [0.15, 0.2) is 43.0 Å². The van der Waals surface area contributed by atoms with E-state index >= 15 is 0 Å². The Bertz CT molecular complexity index is 642. The summed E-state index contributed by atoms with van der Waals surface area (Å²) in [6, 6.07) is 9.94. The summed E-state index contributed by atoms with van der Waals surface area (Å²) >= 11 is 0. The number of nitrogens with zero attached hydrogens (tertiary/aromatic N) is 2. The summed E-state index contributed by atoms with van der Waals surface area (Å²) in [7, 11) is 0. The van der Waals surface area contributed by atoms with Gasteiger partial charge in [0.25, 0.3) is 0 Å². The van der Waals surface area contributed by atoms with Crippen LogP contribution in [-0.2, 0) is 0 Å². The molecule has 0 aromatic heterocycles. The lowest BCUT2D eigenvalue weighted by atomic mass is 9.71. The van der Waals surface area contributed by atoms with E-state index in [4.69, 9.17) is 0 Å². The second-order valence-corrected chi connectivity index (χ2v) is 8.95. The van der Waals surface area contributed by atoms with Gasteiger partial charge in [-0.25, -0.2) is 4.79 Å². The van der Waals surface area contributed by atoms with Gasteiger partial charge in [-0.15, -0.1) is 6.58 Å². The van der Waals surface area contributed by atoms with Crippen molar-refractivity contribution in [1.29, 1.82) is 0 Å². The SMILES string of the molecule is C=CCN1CC2CCC1(N(C(=O)O)[C@@H](c1ccccc1)C(C)(C)C)CC2. The van der Waals surface area contributed by atoms with Gasteiger partial charge in [-0.1, -0.05) is 57.2 Å². The Balaban J connectivity index is 2.11. The quantitative estimate of drug-likeness (QED) is 0.743. The Morgan fingerprint density at radius 3 is 2.46 bits per heavy atom. The van der Waals surface area contributed by atoms with Crippen LogP contribution in [0.3, 0.4) is 0 Å².